The molecule has 0 fully saturated rings. The van der Waals surface area contributed by atoms with Crippen LogP contribution in [0.15, 0.2) is 48.8 Å². The topological polar surface area (TPSA) is 63.2 Å². The van der Waals surface area contributed by atoms with Gasteiger partial charge in [-0.2, -0.15) is 0 Å². The minimum Gasteiger partial charge on any atom is -0.496 e. The molecule has 23 heavy (non-hydrogen) atoms. The number of methoxy groups -OCH3 is 1. The Morgan fingerprint density at radius 1 is 1.17 bits per heavy atom. The second kappa shape index (κ2) is 9.58. The number of carbonyl (C=O) groups excluding carboxylic acids is 1. The molecule has 0 saturated carbocycles. The summed E-state index contributed by atoms with van der Waals surface area (Å²) in [6.07, 6.45) is 4.82. The van der Waals surface area contributed by atoms with Gasteiger partial charge in [0, 0.05) is 31.9 Å². The number of hydrogen-bond donors (Lipinski definition) is 2. The SMILES string of the molecule is COc1ccccc1CCNCCC(=O)NCc1cccnc1. The van der Waals surface area contributed by atoms with E-state index in [-0.39, 0.29) is 5.91 Å². The van der Waals surface area contributed by atoms with Crippen LogP contribution < -0.4 is 15.4 Å². The van der Waals surface area contributed by atoms with Crippen molar-refractivity contribution in [2.24, 2.45) is 0 Å². The molecule has 1 amide bonds. The first-order valence-electron chi connectivity index (χ1n) is 7.78. The number of hydrogen-bond acceptors (Lipinski definition) is 4. The van der Waals surface area contributed by atoms with E-state index in [4.69, 9.17) is 4.74 Å². The van der Waals surface area contributed by atoms with Crippen LogP contribution in [-0.2, 0) is 17.8 Å². The summed E-state index contributed by atoms with van der Waals surface area (Å²) in [4.78, 5) is 15.8. The van der Waals surface area contributed by atoms with Gasteiger partial charge in [-0.1, -0.05) is 24.3 Å². The average Bonchev–Trinajstić information content (AvgIpc) is 2.61. The Hall–Kier alpha value is -2.40. The molecule has 2 aromatic rings. The first kappa shape index (κ1) is 17.0. The fourth-order valence-electron chi connectivity index (χ4n) is 2.25. The maximum atomic E-state index is 11.8. The van der Waals surface area contributed by atoms with Gasteiger partial charge in [0.1, 0.15) is 5.75 Å². The average molecular weight is 313 g/mol. The van der Waals surface area contributed by atoms with Crippen LogP contribution in [0.1, 0.15) is 17.5 Å². The van der Waals surface area contributed by atoms with Gasteiger partial charge in [0.15, 0.2) is 0 Å². The van der Waals surface area contributed by atoms with Crippen molar-refractivity contribution in [1.29, 1.82) is 0 Å². The van der Waals surface area contributed by atoms with Crippen LogP contribution in [0.3, 0.4) is 0 Å². The van der Waals surface area contributed by atoms with Crippen LogP contribution in [0.4, 0.5) is 0 Å². The molecule has 0 aliphatic rings. The summed E-state index contributed by atoms with van der Waals surface area (Å²) in [7, 11) is 1.68. The molecule has 5 nitrogen and oxygen atoms in total. The lowest BCUT2D eigenvalue weighted by Crippen LogP contribution is -2.28. The summed E-state index contributed by atoms with van der Waals surface area (Å²) in [6, 6.07) is 11.8. The van der Waals surface area contributed by atoms with E-state index in [0.29, 0.717) is 19.5 Å². The predicted molar refractivity (Wildman–Crippen MR) is 90.3 cm³/mol. The second-order valence-corrected chi connectivity index (χ2v) is 5.20. The van der Waals surface area contributed by atoms with E-state index >= 15 is 0 Å². The number of ether oxygens (including phenoxy) is 1. The number of benzene rings is 1. The summed E-state index contributed by atoms with van der Waals surface area (Å²) in [6.45, 7) is 2.00. The number of amides is 1. The van der Waals surface area contributed by atoms with Crippen molar-refractivity contribution < 1.29 is 9.53 Å². The van der Waals surface area contributed by atoms with Gasteiger partial charge in [-0.3, -0.25) is 9.78 Å². The van der Waals surface area contributed by atoms with Crippen molar-refractivity contribution >= 4 is 5.91 Å². The molecule has 0 saturated heterocycles. The summed E-state index contributed by atoms with van der Waals surface area (Å²) < 4.78 is 5.32. The summed E-state index contributed by atoms with van der Waals surface area (Å²) in [5.41, 5.74) is 2.17. The van der Waals surface area contributed by atoms with Gasteiger partial charge in [-0.15, -0.1) is 0 Å². The summed E-state index contributed by atoms with van der Waals surface area (Å²) in [5, 5.41) is 6.17. The van der Waals surface area contributed by atoms with E-state index in [1.54, 1.807) is 19.5 Å². The Morgan fingerprint density at radius 2 is 2.04 bits per heavy atom. The van der Waals surface area contributed by atoms with Gasteiger partial charge in [0.05, 0.1) is 7.11 Å². The molecule has 0 bridgehead atoms. The molecule has 0 aliphatic carbocycles. The van der Waals surface area contributed by atoms with E-state index in [1.165, 1.54) is 5.56 Å². The molecule has 1 aromatic carbocycles. The Kier molecular flexibility index (Phi) is 7.07. The van der Waals surface area contributed by atoms with Crippen molar-refractivity contribution in [2.75, 3.05) is 20.2 Å². The Balaban J connectivity index is 1.59. The van der Waals surface area contributed by atoms with Gasteiger partial charge in [-0.05, 0) is 36.2 Å². The van der Waals surface area contributed by atoms with E-state index in [0.717, 1.165) is 24.3 Å². The van der Waals surface area contributed by atoms with Crippen LogP contribution in [0.25, 0.3) is 0 Å². The highest BCUT2D eigenvalue weighted by Crippen LogP contribution is 2.17. The molecule has 1 aromatic heterocycles. The van der Waals surface area contributed by atoms with E-state index in [1.807, 2.05) is 30.3 Å². The van der Waals surface area contributed by atoms with Gasteiger partial charge in [-0.25, -0.2) is 0 Å². The molecule has 2 rings (SSSR count). The molecule has 0 radical (unpaired) electrons. The maximum absolute atomic E-state index is 11.8. The zero-order chi connectivity index (χ0) is 16.3. The third-order valence-corrected chi connectivity index (χ3v) is 3.50. The minimum atomic E-state index is 0.0404. The van der Waals surface area contributed by atoms with Crippen molar-refractivity contribution in [3.63, 3.8) is 0 Å². The fourth-order valence-corrected chi connectivity index (χ4v) is 2.25. The van der Waals surface area contributed by atoms with Crippen LogP contribution >= 0.6 is 0 Å². The van der Waals surface area contributed by atoms with Crippen molar-refractivity contribution in [3.8, 4) is 5.75 Å². The molecule has 122 valence electrons. The highest BCUT2D eigenvalue weighted by Gasteiger charge is 2.03. The highest BCUT2D eigenvalue weighted by atomic mass is 16.5. The Labute approximate surface area is 137 Å². The number of rotatable bonds is 9. The molecule has 0 atom stereocenters. The van der Waals surface area contributed by atoms with Crippen LogP contribution in [-0.4, -0.2) is 31.1 Å². The van der Waals surface area contributed by atoms with Crippen LogP contribution in [0, 0.1) is 0 Å². The lowest BCUT2D eigenvalue weighted by molar-refractivity contribution is -0.121. The third kappa shape index (κ3) is 6.08. The first-order chi connectivity index (χ1) is 11.3. The number of carbonyl (C=O) groups is 1. The number of nitrogens with one attached hydrogen (secondary N) is 2. The van der Waals surface area contributed by atoms with Crippen molar-refractivity contribution in [1.82, 2.24) is 15.6 Å². The number of nitrogens with zero attached hydrogens (tertiary/aromatic N) is 1. The van der Waals surface area contributed by atoms with Crippen molar-refractivity contribution in [3.05, 3.63) is 59.9 Å². The lowest BCUT2D eigenvalue weighted by Gasteiger charge is -2.09. The fraction of sp³-hybridized carbons (Fsp3) is 0.333. The van der Waals surface area contributed by atoms with Gasteiger partial charge < -0.3 is 15.4 Å². The van der Waals surface area contributed by atoms with E-state index in [9.17, 15) is 4.79 Å². The lowest BCUT2D eigenvalue weighted by atomic mass is 10.1. The van der Waals surface area contributed by atoms with E-state index in [2.05, 4.69) is 21.7 Å². The summed E-state index contributed by atoms with van der Waals surface area (Å²) >= 11 is 0. The predicted octanol–water partition coefficient (Wildman–Crippen LogP) is 1.93. The quantitative estimate of drug-likeness (QED) is 0.694. The molecule has 0 aliphatic heterocycles. The summed E-state index contributed by atoms with van der Waals surface area (Å²) in [5.74, 6) is 0.946. The Morgan fingerprint density at radius 3 is 2.83 bits per heavy atom. The second-order valence-electron chi connectivity index (χ2n) is 5.20. The van der Waals surface area contributed by atoms with Gasteiger partial charge in [0.25, 0.3) is 0 Å². The maximum Gasteiger partial charge on any atom is 0.221 e. The van der Waals surface area contributed by atoms with Crippen molar-refractivity contribution in [2.45, 2.75) is 19.4 Å². The molecule has 0 unspecified atom stereocenters. The van der Waals surface area contributed by atoms with Gasteiger partial charge in [0.2, 0.25) is 5.91 Å². The van der Waals surface area contributed by atoms with Crippen LogP contribution in [0.5, 0.6) is 5.75 Å². The molecule has 5 heteroatoms. The largest absolute Gasteiger partial charge is 0.496 e. The van der Waals surface area contributed by atoms with E-state index < -0.39 is 0 Å². The van der Waals surface area contributed by atoms with Gasteiger partial charge >= 0.3 is 0 Å². The third-order valence-electron chi connectivity index (χ3n) is 3.50. The molecule has 1 heterocycles. The molecular formula is C18H23N3O2. The molecular weight excluding hydrogens is 290 g/mol. The minimum absolute atomic E-state index is 0.0404. The highest BCUT2D eigenvalue weighted by molar-refractivity contribution is 5.76. The smallest absolute Gasteiger partial charge is 0.221 e. The zero-order valence-electron chi connectivity index (χ0n) is 13.4. The number of para-hydroxylation sites is 1. The zero-order valence-corrected chi connectivity index (χ0v) is 13.4. The monoisotopic (exact) mass is 313 g/mol. The normalized spacial score (nSPS) is 10.3. The number of aromatic nitrogens is 1. The molecule has 2 N–H and O–H groups in total. The standard InChI is InChI=1S/C18H23N3O2/c1-23-17-7-3-2-6-16(17)8-11-19-12-9-18(22)21-14-15-5-4-10-20-13-15/h2-7,10,13,19H,8-9,11-12,14H2,1H3,(H,21,22). The Bertz CT molecular complexity index is 602. The molecule has 0 spiro atoms. The van der Waals surface area contributed by atoms with Crippen LogP contribution in [0.2, 0.25) is 0 Å². The number of pyridine rings is 1. The first-order valence-corrected chi connectivity index (χ1v) is 7.78.